The molecule has 0 bridgehead atoms. The van der Waals surface area contributed by atoms with Crippen molar-refractivity contribution >= 4 is 34.2 Å². The first-order valence-corrected chi connectivity index (χ1v) is 12.6. The average Bonchev–Trinajstić information content (AvgIpc) is 3.51. The lowest BCUT2D eigenvalue weighted by atomic mass is 10.0. The molecule has 3 heterocycles. The van der Waals surface area contributed by atoms with Gasteiger partial charge in [0, 0.05) is 47.7 Å². The number of rotatable bonds is 4. The maximum atomic E-state index is 13.3. The fraction of sp³-hybridized carbons (Fsp3) is 0.276. The Morgan fingerprint density at radius 1 is 0.972 bits per heavy atom. The van der Waals surface area contributed by atoms with E-state index in [1.54, 1.807) is 24.5 Å². The summed E-state index contributed by atoms with van der Waals surface area (Å²) in [6.07, 6.45) is 4.60. The SMILES string of the molecule is CC1Cc2ccccc2N1C1CCN(C(=O)c2cccc(NC(=O)c3ccc4nc[nH]c4c3)c2)CC1. The number of carbonyl (C=O) groups is 2. The number of likely N-dealkylation sites (tertiary alicyclic amines) is 1. The minimum atomic E-state index is -0.225. The molecule has 2 amide bonds. The average molecular weight is 480 g/mol. The highest BCUT2D eigenvalue weighted by atomic mass is 16.2. The van der Waals surface area contributed by atoms with Crippen LogP contribution in [0.25, 0.3) is 11.0 Å². The highest BCUT2D eigenvalue weighted by molar-refractivity contribution is 6.06. The van der Waals surface area contributed by atoms with Gasteiger partial charge in [0.15, 0.2) is 0 Å². The lowest BCUT2D eigenvalue weighted by Crippen LogP contribution is -2.48. The molecular weight excluding hydrogens is 450 g/mol. The number of imidazole rings is 1. The van der Waals surface area contributed by atoms with Crippen LogP contribution in [0.4, 0.5) is 11.4 Å². The molecule has 0 radical (unpaired) electrons. The summed E-state index contributed by atoms with van der Waals surface area (Å²) in [5, 5.41) is 2.92. The van der Waals surface area contributed by atoms with E-state index in [9.17, 15) is 9.59 Å². The van der Waals surface area contributed by atoms with E-state index in [2.05, 4.69) is 51.4 Å². The quantitative estimate of drug-likeness (QED) is 0.438. The lowest BCUT2D eigenvalue weighted by molar-refractivity contribution is 0.0711. The Hall–Kier alpha value is -4.13. The predicted octanol–water partition coefficient (Wildman–Crippen LogP) is 4.87. The van der Waals surface area contributed by atoms with E-state index in [0.29, 0.717) is 28.9 Å². The summed E-state index contributed by atoms with van der Waals surface area (Å²) in [5.74, 6) is -0.213. The largest absolute Gasteiger partial charge is 0.365 e. The van der Waals surface area contributed by atoms with Crippen LogP contribution in [0.5, 0.6) is 0 Å². The van der Waals surface area contributed by atoms with Crippen molar-refractivity contribution in [2.45, 2.75) is 38.3 Å². The number of H-pyrrole nitrogens is 1. The first-order chi connectivity index (χ1) is 17.6. The number of para-hydroxylation sites is 1. The summed E-state index contributed by atoms with van der Waals surface area (Å²) >= 11 is 0. The Bertz CT molecular complexity index is 1440. The van der Waals surface area contributed by atoms with Crippen LogP contribution in [0.1, 0.15) is 46.0 Å². The van der Waals surface area contributed by atoms with Gasteiger partial charge in [-0.25, -0.2) is 4.98 Å². The van der Waals surface area contributed by atoms with Gasteiger partial charge < -0.3 is 20.1 Å². The van der Waals surface area contributed by atoms with Crippen LogP contribution in [0, 0.1) is 0 Å². The molecule has 3 aromatic carbocycles. The molecule has 0 aliphatic carbocycles. The molecular formula is C29H29N5O2. The summed E-state index contributed by atoms with van der Waals surface area (Å²) in [5.41, 5.74) is 6.12. The van der Waals surface area contributed by atoms with Crippen molar-refractivity contribution in [2.75, 3.05) is 23.3 Å². The summed E-state index contributed by atoms with van der Waals surface area (Å²) < 4.78 is 0. The third-order valence-electron chi connectivity index (χ3n) is 7.45. The van der Waals surface area contributed by atoms with Crippen LogP contribution >= 0.6 is 0 Å². The fourth-order valence-electron chi connectivity index (χ4n) is 5.69. The minimum absolute atomic E-state index is 0.0123. The maximum Gasteiger partial charge on any atom is 0.255 e. The minimum Gasteiger partial charge on any atom is -0.365 e. The van der Waals surface area contributed by atoms with E-state index < -0.39 is 0 Å². The Morgan fingerprint density at radius 2 is 1.81 bits per heavy atom. The number of hydrogen-bond acceptors (Lipinski definition) is 4. The lowest BCUT2D eigenvalue weighted by Gasteiger charge is -2.40. The number of aromatic nitrogens is 2. The summed E-state index contributed by atoms with van der Waals surface area (Å²) in [6, 6.07) is 22.2. The van der Waals surface area contributed by atoms with E-state index in [1.807, 2.05) is 29.2 Å². The van der Waals surface area contributed by atoms with Crippen molar-refractivity contribution in [3.05, 3.63) is 89.7 Å². The molecule has 2 aliphatic heterocycles. The number of amides is 2. The molecule has 7 nitrogen and oxygen atoms in total. The zero-order chi connectivity index (χ0) is 24.6. The van der Waals surface area contributed by atoms with E-state index >= 15 is 0 Å². The molecule has 7 heteroatoms. The van der Waals surface area contributed by atoms with E-state index in [-0.39, 0.29) is 11.8 Å². The van der Waals surface area contributed by atoms with Crippen LogP contribution in [-0.2, 0) is 6.42 Å². The van der Waals surface area contributed by atoms with Gasteiger partial charge in [0.1, 0.15) is 0 Å². The van der Waals surface area contributed by atoms with E-state index in [4.69, 9.17) is 0 Å². The molecule has 2 N–H and O–H groups in total. The van der Waals surface area contributed by atoms with Gasteiger partial charge >= 0.3 is 0 Å². The fourth-order valence-corrected chi connectivity index (χ4v) is 5.69. The Balaban J connectivity index is 1.11. The highest BCUT2D eigenvalue weighted by Crippen LogP contribution is 2.36. The van der Waals surface area contributed by atoms with Gasteiger partial charge in [-0.05, 0) is 74.2 Å². The Kier molecular flexibility index (Phi) is 5.68. The number of nitrogens with one attached hydrogen (secondary N) is 2. The monoisotopic (exact) mass is 479 g/mol. The number of anilines is 2. The molecule has 4 aromatic rings. The first-order valence-electron chi connectivity index (χ1n) is 12.6. The standard InChI is InChI=1S/C29H29N5O2/c1-19-15-20-5-2-3-8-27(20)34(19)24-11-13-33(14-12-24)29(36)22-6-4-7-23(16-22)32-28(35)21-9-10-25-26(17-21)31-18-30-25/h2-10,16-19,24H,11-15H2,1H3,(H,30,31)(H,32,35). The van der Waals surface area contributed by atoms with Crippen molar-refractivity contribution in [1.29, 1.82) is 0 Å². The molecule has 1 atom stereocenters. The zero-order valence-corrected chi connectivity index (χ0v) is 20.3. The van der Waals surface area contributed by atoms with Gasteiger partial charge in [0.2, 0.25) is 0 Å². The second-order valence-electron chi connectivity index (χ2n) is 9.78. The van der Waals surface area contributed by atoms with Crippen LogP contribution < -0.4 is 10.2 Å². The topological polar surface area (TPSA) is 81.3 Å². The third kappa shape index (κ3) is 4.11. The van der Waals surface area contributed by atoms with Gasteiger partial charge in [-0.2, -0.15) is 0 Å². The molecule has 0 saturated carbocycles. The Labute approximate surface area is 210 Å². The van der Waals surface area contributed by atoms with Crippen LogP contribution in [0.2, 0.25) is 0 Å². The highest BCUT2D eigenvalue weighted by Gasteiger charge is 2.34. The number of fused-ring (bicyclic) bond motifs is 2. The molecule has 182 valence electrons. The number of benzene rings is 3. The first kappa shape index (κ1) is 22.3. The van der Waals surface area contributed by atoms with Gasteiger partial charge in [-0.15, -0.1) is 0 Å². The van der Waals surface area contributed by atoms with Crippen molar-refractivity contribution in [3.63, 3.8) is 0 Å². The number of carbonyl (C=O) groups excluding carboxylic acids is 2. The van der Waals surface area contributed by atoms with E-state index in [0.717, 1.165) is 43.4 Å². The maximum absolute atomic E-state index is 13.3. The number of nitrogens with zero attached hydrogens (tertiary/aromatic N) is 3. The number of aromatic amines is 1. The molecule has 6 rings (SSSR count). The molecule has 2 aliphatic rings. The van der Waals surface area contributed by atoms with Gasteiger partial charge in [-0.3, -0.25) is 9.59 Å². The van der Waals surface area contributed by atoms with Crippen LogP contribution in [-0.4, -0.2) is 51.9 Å². The van der Waals surface area contributed by atoms with E-state index in [1.165, 1.54) is 11.3 Å². The summed E-state index contributed by atoms with van der Waals surface area (Å²) in [6.45, 7) is 3.76. The smallest absolute Gasteiger partial charge is 0.255 e. The molecule has 1 fully saturated rings. The van der Waals surface area contributed by atoms with Crippen LogP contribution in [0.3, 0.4) is 0 Å². The molecule has 1 unspecified atom stereocenters. The summed E-state index contributed by atoms with van der Waals surface area (Å²) in [7, 11) is 0. The van der Waals surface area contributed by atoms with Gasteiger partial charge in [-0.1, -0.05) is 24.3 Å². The second kappa shape index (κ2) is 9.15. The normalized spacial score (nSPS) is 17.9. The number of hydrogen-bond donors (Lipinski definition) is 2. The van der Waals surface area contributed by atoms with Gasteiger partial charge in [0.05, 0.1) is 17.4 Å². The zero-order valence-electron chi connectivity index (χ0n) is 20.3. The molecule has 1 saturated heterocycles. The van der Waals surface area contributed by atoms with Crippen LogP contribution in [0.15, 0.2) is 73.1 Å². The molecule has 0 spiro atoms. The predicted molar refractivity (Wildman–Crippen MR) is 142 cm³/mol. The molecule has 36 heavy (non-hydrogen) atoms. The second-order valence-corrected chi connectivity index (χ2v) is 9.78. The van der Waals surface area contributed by atoms with Gasteiger partial charge in [0.25, 0.3) is 11.8 Å². The summed E-state index contributed by atoms with van der Waals surface area (Å²) in [4.78, 5) is 37.8. The van der Waals surface area contributed by atoms with Crippen molar-refractivity contribution < 1.29 is 9.59 Å². The van der Waals surface area contributed by atoms with Crippen molar-refractivity contribution in [3.8, 4) is 0 Å². The Morgan fingerprint density at radius 3 is 2.67 bits per heavy atom. The van der Waals surface area contributed by atoms with Crippen molar-refractivity contribution in [1.82, 2.24) is 14.9 Å². The molecule has 1 aromatic heterocycles. The van der Waals surface area contributed by atoms with Crippen molar-refractivity contribution in [2.24, 2.45) is 0 Å². The third-order valence-corrected chi connectivity index (χ3v) is 7.45. The number of piperidine rings is 1.